The molecule has 306 valence electrons. The smallest absolute Gasteiger partial charge is 0.352 e. The molecule has 0 aliphatic carbocycles. The molecule has 0 fully saturated rings. The molecule has 0 bridgehead atoms. The van der Waals surface area contributed by atoms with E-state index in [0.29, 0.717) is 12.8 Å². The zero-order chi connectivity index (χ0) is 38.7. The molecule has 0 saturated heterocycles. The van der Waals surface area contributed by atoms with Crippen LogP contribution in [0, 0.1) is 5.41 Å². The number of aliphatic carboxylic acids is 1. The highest BCUT2D eigenvalue weighted by Crippen LogP contribution is 2.20. The summed E-state index contributed by atoms with van der Waals surface area (Å²) in [6.07, 6.45) is 24.8. The van der Waals surface area contributed by atoms with Gasteiger partial charge < -0.3 is 34.6 Å². The average molecular weight is 745 g/mol. The van der Waals surface area contributed by atoms with E-state index >= 15 is 0 Å². The Bertz CT molecular complexity index is 882. The summed E-state index contributed by atoms with van der Waals surface area (Å²) >= 11 is 0. The molecule has 52 heavy (non-hydrogen) atoms. The van der Waals surface area contributed by atoms with E-state index in [1.807, 2.05) is 0 Å². The summed E-state index contributed by atoms with van der Waals surface area (Å²) in [6.45, 7) is 1.57. The molecule has 2 unspecified atom stereocenters. The van der Waals surface area contributed by atoms with Crippen LogP contribution in [0.25, 0.3) is 0 Å². The molecule has 0 heterocycles. The average Bonchev–Trinajstić information content (AvgIpc) is 3.14. The second-order valence-electron chi connectivity index (χ2n) is 14.7. The lowest BCUT2D eigenvalue weighted by Crippen LogP contribution is -2.48. The summed E-state index contributed by atoms with van der Waals surface area (Å²) in [7, 11) is 0. The van der Waals surface area contributed by atoms with Crippen LogP contribution in [-0.4, -0.2) is 82.9 Å². The van der Waals surface area contributed by atoms with Gasteiger partial charge in [0.05, 0.1) is 25.2 Å². The lowest BCUT2D eigenvalue weighted by Gasteiger charge is -2.28. The van der Waals surface area contributed by atoms with E-state index in [-0.39, 0.29) is 12.8 Å². The number of carbonyl (C=O) groups is 4. The van der Waals surface area contributed by atoms with Crippen LogP contribution < -0.4 is 0 Å². The van der Waals surface area contributed by atoms with Gasteiger partial charge >= 0.3 is 23.9 Å². The van der Waals surface area contributed by atoms with E-state index in [4.69, 9.17) is 14.2 Å². The molecule has 2 atom stereocenters. The fourth-order valence-corrected chi connectivity index (χ4v) is 6.04. The van der Waals surface area contributed by atoms with Crippen LogP contribution in [0.2, 0.25) is 0 Å². The second-order valence-corrected chi connectivity index (χ2v) is 14.7. The van der Waals surface area contributed by atoms with Crippen LogP contribution in [0.1, 0.15) is 194 Å². The van der Waals surface area contributed by atoms with Gasteiger partial charge in [0.25, 0.3) is 0 Å². The highest BCUT2D eigenvalue weighted by molar-refractivity contribution is 5.88. The highest BCUT2D eigenvalue weighted by atomic mass is 16.6. The minimum absolute atomic E-state index is 0.0567. The van der Waals surface area contributed by atoms with Crippen molar-refractivity contribution < 1.29 is 53.8 Å². The van der Waals surface area contributed by atoms with Crippen LogP contribution in [-0.2, 0) is 33.4 Å². The van der Waals surface area contributed by atoms with E-state index in [9.17, 15) is 39.6 Å². The Morgan fingerprint density at radius 1 is 0.462 bits per heavy atom. The quantitative estimate of drug-likeness (QED) is 0.0271. The monoisotopic (exact) mass is 745 g/mol. The summed E-state index contributed by atoms with van der Waals surface area (Å²) in [5, 5.41) is 38.7. The van der Waals surface area contributed by atoms with E-state index in [2.05, 4.69) is 13.8 Å². The first-order valence-electron chi connectivity index (χ1n) is 20.8. The van der Waals surface area contributed by atoms with Gasteiger partial charge in [-0.2, -0.15) is 0 Å². The van der Waals surface area contributed by atoms with Gasteiger partial charge in [-0.3, -0.25) is 9.59 Å². The fourth-order valence-electron chi connectivity index (χ4n) is 6.04. The number of ether oxygens (including phenoxy) is 3. The third-order valence-corrected chi connectivity index (χ3v) is 9.76. The molecule has 0 amide bonds. The Kier molecular flexibility index (Phi) is 33.0. The summed E-state index contributed by atoms with van der Waals surface area (Å²) < 4.78 is 15.6. The molecule has 0 aromatic heterocycles. The van der Waals surface area contributed by atoms with E-state index in [1.54, 1.807) is 0 Å². The number of carboxylic acids is 1. The molecule has 11 nitrogen and oxygen atoms in total. The molecule has 0 aromatic rings. The molecule has 11 heteroatoms. The Balaban J connectivity index is 4.83. The number of hydrogen-bond acceptors (Lipinski definition) is 10. The van der Waals surface area contributed by atoms with Gasteiger partial charge in [0.2, 0.25) is 12.2 Å². The normalized spacial score (nSPS) is 12.7. The van der Waals surface area contributed by atoms with Crippen LogP contribution in [0.15, 0.2) is 0 Å². The van der Waals surface area contributed by atoms with Gasteiger partial charge in [-0.15, -0.1) is 0 Å². The lowest BCUT2D eigenvalue weighted by atomic mass is 9.92. The van der Waals surface area contributed by atoms with Gasteiger partial charge in [0.15, 0.2) is 0 Å². The Morgan fingerprint density at radius 2 is 0.750 bits per heavy atom. The second kappa shape index (κ2) is 34.5. The van der Waals surface area contributed by atoms with Crippen LogP contribution in [0.3, 0.4) is 0 Å². The van der Waals surface area contributed by atoms with Crippen molar-refractivity contribution in [2.75, 3.05) is 26.4 Å². The van der Waals surface area contributed by atoms with Crippen molar-refractivity contribution in [2.45, 2.75) is 206 Å². The number of esters is 3. The molecule has 0 radical (unpaired) electrons. The zero-order valence-electron chi connectivity index (χ0n) is 32.9. The maximum atomic E-state index is 13.1. The van der Waals surface area contributed by atoms with E-state index in [1.165, 1.54) is 103 Å². The number of hydrogen-bond donors (Lipinski definition) is 4. The van der Waals surface area contributed by atoms with E-state index in [0.717, 1.165) is 51.4 Å². The van der Waals surface area contributed by atoms with Crippen LogP contribution in [0.4, 0.5) is 0 Å². The molecule has 0 spiro atoms. The highest BCUT2D eigenvalue weighted by Gasteiger charge is 2.42. The van der Waals surface area contributed by atoms with Crippen molar-refractivity contribution in [1.29, 1.82) is 0 Å². The third-order valence-electron chi connectivity index (χ3n) is 9.76. The Morgan fingerprint density at radius 3 is 1.04 bits per heavy atom. The summed E-state index contributed by atoms with van der Waals surface area (Å²) in [5.74, 6) is -4.68. The number of rotatable bonds is 38. The fraction of sp³-hybridized carbons (Fsp3) is 0.902. The zero-order valence-corrected chi connectivity index (χ0v) is 32.9. The van der Waals surface area contributed by atoms with Gasteiger partial charge in [-0.05, 0) is 12.8 Å². The summed E-state index contributed by atoms with van der Waals surface area (Å²) in [4.78, 5) is 50.7. The Labute approximate surface area is 315 Å². The van der Waals surface area contributed by atoms with Crippen molar-refractivity contribution in [3.63, 3.8) is 0 Å². The van der Waals surface area contributed by atoms with Crippen molar-refractivity contribution in [1.82, 2.24) is 0 Å². The van der Waals surface area contributed by atoms with Crippen molar-refractivity contribution >= 4 is 23.9 Å². The number of carbonyl (C=O) groups excluding carboxylic acids is 3. The topological polar surface area (TPSA) is 177 Å². The van der Waals surface area contributed by atoms with E-state index < -0.39 is 67.9 Å². The number of carboxylic acid groups (broad SMARTS) is 1. The molecule has 0 aromatic carbocycles. The molecule has 0 aliphatic rings. The molecule has 0 aliphatic heterocycles. The van der Waals surface area contributed by atoms with Crippen molar-refractivity contribution in [3.05, 3.63) is 0 Å². The van der Waals surface area contributed by atoms with Crippen LogP contribution in [0.5, 0.6) is 0 Å². The first-order valence-corrected chi connectivity index (χ1v) is 20.8. The SMILES string of the molecule is CCCCCCCCCCCCCCCC(=O)OC(C(=O)O)C(OC(=O)CCCCCCCCCCCCCCC)C(=O)OCC(CO)(CO)CO. The maximum Gasteiger partial charge on any atom is 0.352 e. The predicted molar refractivity (Wildman–Crippen MR) is 203 cm³/mol. The largest absolute Gasteiger partial charge is 0.478 e. The molecular weight excluding hydrogens is 668 g/mol. The molecule has 4 N–H and O–H groups in total. The summed E-state index contributed by atoms with van der Waals surface area (Å²) in [5.41, 5.74) is -1.59. The number of aliphatic hydroxyl groups excluding tert-OH is 3. The first-order chi connectivity index (χ1) is 25.2. The van der Waals surface area contributed by atoms with Gasteiger partial charge in [-0.25, -0.2) is 9.59 Å². The van der Waals surface area contributed by atoms with Crippen molar-refractivity contribution in [3.8, 4) is 0 Å². The van der Waals surface area contributed by atoms with Crippen molar-refractivity contribution in [2.24, 2.45) is 5.41 Å². The number of unbranched alkanes of at least 4 members (excludes halogenated alkanes) is 24. The maximum absolute atomic E-state index is 13.1. The van der Waals surface area contributed by atoms with Crippen LogP contribution >= 0.6 is 0 Å². The molecule has 0 rings (SSSR count). The minimum atomic E-state index is -2.15. The standard InChI is InChI=1S/C41H76O11/c1-3-5-7-9-11-13-15-17-19-21-23-25-27-29-35(45)51-37(39(47)48)38(40(49)50-34-41(31-42,32-43)33-44)52-36(46)30-28-26-24-22-20-18-16-14-12-10-8-6-4-2/h37-38,42-44H,3-34H2,1-2H3,(H,47,48). The minimum Gasteiger partial charge on any atom is -0.478 e. The lowest BCUT2D eigenvalue weighted by molar-refractivity contribution is -0.192. The Hall–Kier alpha value is -2.24. The number of aliphatic hydroxyl groups is 3. The van der Waals surface area contributed by atoms with Gasteiger partial charge in [0, 0.05) is 12.8 Å². The van der Waals surface area contributed by atoms with Gasteiger partial charge in [0.1, 0.15) is 6.61 Å². The molecule has 0 saturated carbocycles. The predicted octanol–water partition coefficient (Wildman–Crippen LogP) is 8.36. The first kappa shape index (κ1) is 49.8. The van der Waals surface area contributed by atoms with Gasteiger partial charge in [-0.1, -0.05) is 168 Å². The third kappa shape index (κ3) is 26.5. The molecular formula is C41H76O11. The summed E-state index contributed by atoms with van der Waals surface area (Å²) in [6, 6.07) is 0.